The van der Waals surface area contributed by atoms with Crippen molar-refractivity contribution in [1.82, 2.24) is 9.88 Å². The monoisotopic (exact) mass is 186 g/mol. The van der Waals surface area contributed by atoms with Gasteiger partial charge in [0.25, 0.3) is 0 Å². The molecule has 2 rings (SSSR count). The molecule has 2 heterocycles. The van der Waals surface area contributed by atoms with Crippen molar-refractivity contribution in [3.8, 4) is 0 Å². The van der Waals surface area contributed by atoms with Crippen LogP contribution in [-0.2, 0) is 6.54 Å². The van der Waals surface area contributed by atoms with Crippen molar-refractivity contribution in [3.63, 3.8) is 0 Å². The summed E-state index contributed by atoms with van der Waals surface area (Å²) in [4.78, 5) is 6.57. The molecule has 0 N–H and O–H groups in total. The van der Waals surface area contributed by atoms with E-state index >= 15 is 0 Å². The predicted molar refractivity (Wildman–Crippen MR) is 58.8 cm³/mol. The molecular formula is C11H15BN2. The van der Waals surface area contributed by atoms with E-state index in [9.17, 15) is 0 Å². The third-order valence-corrected chi connectivity index (χ3v) is 2.67. The minimum absolute atomic E-state index is 0.763. The van der Waals surface area contributed by atoms with Crippen LogP contribution in [-0.4, -0.2) is 30.8 Å². The van der Waals surface area contributed by atoms with E-state index in [-0.39, 0.29) is 0 Å². The quantitative estimate of drug-likeness (QED) is 0.637. The first-order valence-corrected chi connectivity index (χ1v) is 5.26. The topological polar surface area (TPSA) is 16.1 Å². The van der Waals surface area contributed by atoms with Crippen LogP contribution in [0.25, 0.3) is 0 Å². The second kappa shape index (κ2) is 4.60. The van der Waals surface area contributed by atoms with Crippen LogP contribution in [0.4, 0.5) is 0 Å². The maximum absolute atomic E-state index is 5.68. The molecule has 1 aromatic rings. The highest BCUT2D eigenvalue weighted by Crippen LogP contribution is 2.11. The Morgan fingerprint density at radius 3 is 2.71 bits per heavy atom. The number of rotatable bonds is 2. The summed E-state index contributed by atoms with van der Waals surface area (Å²) in [6, 6.07) is 2.02. The summed E-state index contributed by atoms with van der Waals surface area (Å²) < 4.78 is 0. The Bertz CT molecular complexity index is 295. The van der Waals surface area contributed by atoms with Crippen LogP contribution in [0.2, 0.25) is 0 Å². The van der Waals surface area contributed by atoms with E-state index in [0.29, 0.717) is 0 Å². The zero-order valence-electron chi connectivity index (χ0n) is 8.45. The molecule has 2 radical (unpaired) electrons. The number of pyridine rings is 1. The maximum Gasteiger partial charge on any atom is 0.115 e. The normalized spacial score (nSPS) is 18.3. The maximum atomic E-state index is 5.68. The van der Waals surface area contributed by atoms with Crippen molar-refractivity contribution >= 4 is 13.3 Å². The highest BCUT2D eigenvalue weighted by Gasteiger charge is 2.10. The van der Waals surface area contributed by atoms with Crippen LogP contribution in [0.15, 0.2) is 18.5 Å². The number of hydrogen-bond donors (Lipinski definition) is 0. The molecule has 0 aromatic carbocycles. The molecule has 2 nitrogen and oxygen atoms in total. The largest absolute Gasteiger partial charge is 0.299 e. The van der Waals surface area contributed by atoms with Gasteiger partial charge in [0.1, 0.15) is 7.85 Å². The Labute approximate surface area is 86.7 Å². The standard InChI is InChI=1S/C11H15BN2/c12-11-6-10(7-13-8-11)9-14-4-2-1-3-5-14/h6-8H,1-5,9H2. The molecule has 1 aliphatic heterocycles. The van der Waals surface area contributed by atoms with Crippen molar-refractivity contribution < 1.29 is 0 Å². The lowest BCUT2D eigenvalue weighted by Gasteiger charge is -2.26. The average molecular weight is 186 g/mol. The van der Waals surface area contributed by atoms with Gasteiger partial charge in [-0.2, -0.15) is 0 Å². The van der Waals surface area contributed by atoms with Crippen molar-refractivity contribution in [2.24, 2.45) is 0 Å². The number of nitrogens with zero attached hydrogens (tertiary/aromatic N) is 2. The van der Waals surface area contributed by atoms with Crippen LogP contribution in [0.5, 0.6) is 0 Å². The Balaban J connectivity index is 1.95. The van der Waals surface area contributed by atoms with Gasteiger partial charge in [-0.05, 0) is 31.5 Å². The molecule has 0 aliphatic carbocycles. The van der Waals surface area contributed by atoms with E-state index in [1.165, 1.54) is 37.9 Å². The van der Waals surface area contributed by atoms with E-state index in [1.807, 2.05) is 12.3 Å². The van der Waals surface area contributed by atoms with Crippen LogP contribution < -0.4 is 5.46 Å². The van der Waals surface area contributed by atoms with E-state index in [4.69, 9.17) is 7.85 Å². The molecule has 1 fully saturated rings. The summed E-state index contributed by atoms with van der Waals surface area (Å²) in [6.45, 7) is 3.43. The van der Waals surface area contributed by atoms with Crippen LogP contribution in [0, 0.1) is 0 Å². The summed E-state index contributed by atoms with van der Waals surface area (Å²) >= 11 is 0. The minimum Gasteiger partial charge on any atom is -0.299 e. The highest BCUT2D eigenvalue weighted by atomic mass is 15.1. The summed E-state index contributed by atoms with van der Waals surface area (Å²) in [7, 11) is 5.68. The van der Waals surface area contributed by atoms with E-state index in [0.717, 1.165) is 12.0 Å². The Morgan fingerprint density at radius 1 is 1.21 bits per heavy atom. The van der Waals surface area contributed by atoms with Gasteiger partial charge in [-0.15, -0.1) is 0 Å². The number of piperidine rings is 1. The fourth-order valence-corrected chi connectivity index (χ4v) is 1.97. The van der Waals surface area contributed by atoms with Crippen molar-refractivity contribution in [3.05, 3.63) is 24.0 Å². The Hall–Kier alpha value is -0.825. The van der Waals surface area contributed by atoms with Gasteiger partial charge >= 0.3 is 0 Å². The van der Waals surface area contributed by atoms with Gasteiger partial charge in [-0.25, -0.2) is 0 Å². The molecule has 1 saturated heterocycles. The summed E-state index contributed by atoms with van der Waals surface area (Å²) in [5.41, 5.74) is 1.99. The lowest BCUT2D eigenvalue weighted by Crippen LogP contribution is -2.29. The van der Waals surface area contributed by atoms with Crippen molar-refractivity contribution in [1.29, 1.82) is 0 Å². The molecular weight excluding hydrogens is 171 g/mol. The lowest BCUT2D eigenvalue weighted by atomic mass is 9.97. The third kappa shape index (κ3) is 2.58. The number of likely N-dealkylation sites (tertiary alicyclic amines) is 1. The fraction of sp³-hybridized carbons (Fsp3) is 0.545. The second-order valence-electron chi connectivity index (χ2n) is 3.96. The summed E-state index contributed by atoms with van der Waals surface area (Å²) in [5, 5.41) is 0. The summed E-state index contributed by atoms with van der Waals surface area (Å²) in [6.07, 6.45) is 7.64. The van der Waals surface area contributed by atoms with E-state index in [2.05, 4.69) is 9.88 Å². The number of hydrogen-bond acceptors (Lipinski definition) is 2. The van der Waals surface area contributed by atoms with Gasteiger partial charge in [0, 0.05) is 18.9 Å². The zero-order chi connectivity index (χ0) is 9.80. The molecule has 0 spiro atoms. The first kappa shape index (κ1) is 9.72. The van der Waals surface area contributed by atoms with Gasteiger partial charge in [-0.3, -0.25) is 9.88 Å². The molecule has 0 bridgehead atoms. The van der Waals surface area contributed by atoms with Crippen LogP contribution >= 0.6 is 0 Å². The van der Waals surface area contributed by atoms with Crippen molar-refractivity contribution in [2.75, 3.05) is 13.1 Å². The first-order valence-electron chi connectivity index (χ1n) is 5.26. The number of aromatic nitrogens is 1. The Morgan fingerprint density at radius 2 is 2.00 bits per heavy atom. The average Bonchev–Trinajstić information content (AvgIpc) is 2.19. The second-order valence-corrected chi connectivity index (χ2v) is 3.96. The van der Waals surface area contributed by atoms with Gasteiger partial charge in [-0.1, -0.05) is 17.9 Å². The zero-order valence-corrected chi connectivity index (χ0v) is 8.45. The molecule has 1 aliphatic rings. The van der Waals surface area contributed by atoms with Gasteiger partial charge < -0.3 is 0 Å². The molecule has 0 saturated carbocycles. The summed E-state index contributed by atoms with van der Waals surface area (Å²) in [5.74, 6) is 0. The first-order chi connectivity index (χ1) is 6.84. The molecule has 0 amide bonds. The van der Waals surface area contributed by atoms with Gasteiger partial charge in [0.05, 0.1) is 0 Å². The predicted octanol–water partition coefficient (Wildman–Crippen LogP) is 0.861. The third-order valence-electron chi connectivity index (χ3n) is 2.67. The SMILES string of the molecule is [B]c1cncc(CN2CCCCC2)c1. The van der Waals surface area contributed by atoms with E-state index < -0.39 is 0 Å². The van der Waals surface area contributed by atoms with Crippen molar-refractivity contribution in [2.45, 2.75) is 25.8 Å². The highest BCUT2D eigenvalue weighted by molar-refractivity contribution is 6.32. The van der Waals surface area contributed by atoms with Crippen LogP contribution in [0.1, 0.15) is 24.8 Å². The van der Waals surface area contributed by atoms with Gasteiger partial charge in [0.15, 0.2) is 0 Å². The molecule has 72 valence electrons. The minimum atomic E-state index is 0.763. The molecule has 0 atom stereocenters. The van der Waals surface area contributed by atoms with Crippen LogP contribution in [0.3, 0.4) is 0 Å². The molecule has 0 unspecified atom stereocenters. The molecule has 3 heteroatoms. The lowest BCUT2D eigenvalue weighted by molar-refractivity contribution is 0.221. The smallest absolute Gasteiger partial charge is 0.115 e. The molecule has 14 heavy (non-hydrogen) atoms. The Kier molecular flexibility index (Phi) is 3.20. The van der Waals surface area contributed by atoms with E-state index in [1.54, 1.807) is 6.20 Å². The van der Waals surface area contributed by atoms with Gasteiger partial charge in [0.2, 0.25) is 0 Å². The molecule has 1 aromatic heterocycles. The fourth-order valence-electron chi connectivity index (χ4n) is 1.97.